The summed E-state index contributed by atoms with van der Waals surface area (Å²) in [6.07, 6.45) is 4.25. The van der Waals surface area contributed by atoms with Gasteiger partial charge in [-0.3, -0.25) is 0 Å². The number of nitrogens with one attached hydrogen (secondary N) is 1. The second-order valence-electron chi connectivity index (χ2n) is 9.62. The molecule has 1 aliphatic carbocycles. The van der Waals surface area contributed by atoms with Crippen molar-refractivity contribution in [1.29, 1.82) is 0 Å². The number of anilines is 2. The smallest absolute Gasteiger partial charge is 0.410 e. The van der Waals surface area contributed by atoms with E-state index in [0.29, 0.717) is 18.5 Å². The minimum Gasteiger partial charge on any atom is -0.444 e. The normalized spacial score (nSPS) is 19.6. The van der Waals surface area contributed by atoms with Crippen molar-refractivity contribution in [3.8, 4) is 0 Å². The maximum Gasteiger partial charge on any atom is 0.410 e. The van der Waals surface area contributed by atoms with Crippen LogP contribution in [0.3, 0.4) is 0 Å². The molecule has 0 bridgehead atoms. The largest absolute Gasteiger partial charge is 0.444 e. The number of hydrogen-bond acceptors (Lipinski definition) is 6. The standard InChI is InChI=1S/C23H33N5O2/c1-23(2,3)30-22(29)28-13-7-8-16(15-28)14-27(4)21-20(24-17-11-12-17)25-18-9-5-6-10-19(18)26-21/h5-6,9-10,16-17H,7-8,11-15H2,1-4H3,(H,24,25)/t16-/m0/s1. The fourth-order valence-electron chi connectivity index (χ4n) is 3.95. The number of carbonyl (C=O) groups excluding carboxylic acids is 1. The van der Waals surface area contributed by atoms with Gasteiger partial charge in [-0.1, -0.05) is 12.1 Å². The third-order valence-electron chi connectivity index (χ3n) is 5.53. The second-order valence-corrected chi connectivity index (χ2v) is 9.62. The molecule has 0 radical (unpaired) electrons. The van der Waals surface area contributed by atoms with E-state index in [0.717, 1.165) is 48.6 Å². The van der Waals surface area contributed by atoms with E-state index in [1.807, 2.05) is 49.9 Å². The van der Waals surface area contributed by atoms with Crippen molar-refractivity contribution in [3.05, 3.63) is 24.3 Å². The highest BCUT2D eigenvalue weighted by molar-refractivity contribution is 5.80. The Labute approximate surface area is 178 Å². The molecule has 1 saturated carbocycles. The summed E-state index contributed by atoms with van der Waals surface area (Å²) in [7, 11) is 2.07. The summed E-state index contributed by atoms with van der Waals surface area (Å²) >= 11 is 0. The van der Waals surface area contributed by atoms with Gasteiger partial charge in [-0.2, -0.15) is 0 Å². The highest BCUT2D eigenvalue weighted by Gasteiger charge is 2.29. The van der Waals surface area contributed by atoms with Crippen molar-refractivity contribution in [3.63, 3.8) is 0 Å². The highest BCUT2D eigenvalue weighted by Crippen LogP contribution is 2.31. The van der Waals surface area contributed by atoms with Crippen LogP contribution in [0.25, 0.3) is 11.0 Å². The number of nitrogens with zero attached hydrogens (tertiary/aromatic N) is 4. The number of hydrogen-bond donors (Lipinski definition) is 1. The summed E-state index contributed by atoms with van der Waals surface area (Å²) in [5.41, 5.74) is 1.34. The number of piperidine rings is 1. The number of ether oxygens (including phenoxy) is 1. The van der Waals surface area contributed by atoms with Gasteiger partial charge in [0, 0.05) is 32.7 Å². The zero-order chi connectivity index (χ0) is 21.3. The number of rotatable bonds is 5. The van der Waals surface area contributed by atoms with Gasteiger partial charge in [0.05, 0.1) is 11.0 Å². The number of amides is 1. The second kappa shape index (κ2) is 8.28. The van der Waals surface area contributed by atoms with E-state index in [1.165, 1.54) is 12.8 Å². The van der Waals surface area contributed by atoms with E-state index in [-0.39, 0.29) is 6.09 Å². The Balaban J connectivity index is 1.48. The molecule has 1 atom stereocenters. The van der Waals surface area contributed by atoms with Gasteiger partial charge in [-0.15, -0.1) is 0 Å². The number of aromatic nitrogens is 2. The zero-order valence-electron chi connectivity index (χ0n) is 18.5. The predicted molar refractivity (Wildman–Crippen MR) is 120 cm³/mol. The Bertz CT molecular complexity index is 906. The molecule has 1 amide bonds. The predicted octanol–water partition coefficient (Wildman–Crippen LogP) is 4.29. The first-order chi connectivity index (χ1) is 14.3. The summed E-state index contributed by atoms with van der Waals surface area (Å²) < 4.78 is 5.57. The maximum absolute atomic E-state index is 12.5. The van der Waals surface area contributed by atoms with Gasteiger partial charge in [0.25, 0.3) is 0 Å². The first kappa shape index (κ1) is 20.7. The summed E-state index contributed by atoms with van der Waals surface area (Å²) in [5.74, 6) is 2.12. The molecule has 7 nitrogen and oxygen atoms in total. The molecule has 2 aromatic rings. The number of benzene rings is 1. The first-order valence-corrected chi connectivity index (χ1v) is 11.0. The van der Waals surface area contributed by atoms with Crippen LogP contribution in [0.5, 0.6) is 0 Å². The summed E-state index contributed by atoms with van der Waals surface area (Å²) in [4.78, 5) is 26.3. The Kier molecular flexibility index (Phi) is 5.71. The SMILES string of the molecule is CN(C[C@@H]1CCCN(C(=O)OC(C)(C)C)C1)c1nc2ccccc2nc1NC1CC1. The van der Waals surface area contributed by atoms with E-state index < -0.39 is 5.60 Å². The molecule has 1 N–H and O–H groups in total. The third-order valence-corrected chi connectivity index (χ3v) is 5.53. The molecular formula is C23H33N5O2. The minimum atomic E-state index is -0.467. The average Bonchev–Trinajstić information content (AvgIpc) is 3.50. The van der Waals surface area contributed by atoms with Crippen LogP contribution in [0.1, 0.15) is 46.5 Å². The molecule has 1 saturated heterocycles. The van der Waals surface area contributed by atoms with E-state index in [4.69, 9.17) is 14.7 Å². The number of carbonyl (C=O) groups is 1. The summed E-state index contributed by atoms with van der Waals surface area (Å²) in [6, 6.07) is 8.50. The van der Waals surface area contributed by atoms with Gasteiger partial charge in [0.15, 0.2) is 11.6 Å². The van der Waals surface area contributed by atoms with Crippen molar-refractivity contribution < 1.29 is 9.53 Å². The van der Waals surface area contributed by atoms with Gasteiger partial charge in [0.1, 0.15) is 5.60 Å². The van der Waals surface area contributed by atoms with Crippen LogP contribution >= 0.6 is 0 Å². The molecule has 2 fully saturated rings. The quantitative estimate of drug-likeness (QED) is 0.792. The monoisotopic (exact) mass is 411 g/mol. The van der Waals surface area contributed by atoms with Crippen LogP contribution < -0.4 is 10.2 Å². The van der Waals surface area contributed by atoms with Gasteiger partial charge >= 0.3 is 6.09 Å². The highest BCUT2D eigenvalue weighted by atomic mass is 16.6. The lowest BCUT2D eigenvalue weighted by Crippen LogP contribution is -2.45. The van der Waals surface area contributed by atoms with E-state index in [1.54, 1.807) is 0 Å². The van der Waals surface area contributed by atoms with Crippen LogP contribution in [0.2, 0.25) is 0 Å². The molecule has 1 aliphatic heterocycles. The number of likely N-dealkylation sites (tertiary alicyclic amines) is 1. The minimum absolute atomic E-state index is 0.212. The van der Waals surface area contributed by atoms with Crippen molar-refractivity contribution in [2.24, 2.45) is 5.92 Å². The Hall–Kier alpha value is -2.57. The van der Waals surface area contributed by atoms with E-state index in [2.05, 4.69) is 17.3 Å². The van der Waals surface area contributed by atoms with Crippen molar-refractivity contribution in [1.82, 2.24) is 14.9 Å². The molecule has 1 aromatic heterocycles. The molecule has 30 heavy (non-hydrogen) atoms. The fourth-order valence-corrected chi connectivity index (χ4v) is 3.95. The lowest BCUT2D eigenvalue weighted by molar-refractivity contribution is 0.0170. The molecular weight excluding hydrogens is 378 g/mol. The zero-order valence-corrected chi connectivity index (χ0v) is 18.5. The summed E-state index contributed by atoms with van der Waals surface area (Å²) in [6.45, 7) is 8.03. The van der Waals surface area contributed by atoms with Crippen LogP contribution in [0.4, 0.5) is 16.4 Å². The molecule has 7 heteroatoms. The average molecular weight is 412 g/mol. The molecule has 1 aromatic carbocycles. The topological polar surface area (TPSA) is 70.6 Å². The van der Waals surface area contributed by atoms with Gasteiger partial charge in [-0.25, -0.2) is 14.8 Å². The lowest BCUT2D eigenvalue weighted by Gasteiger charge is -2.36. The van der Waals surface area contributed by atoms with E-state index >= 15 is 0 Å². The van der Waals surface area contributed by atoms with Crippen LogP contribution in [-0.4, -0.2) is 59.3 Å². The van der Waals surface area contributed by atoms with E-state index in [9.17, 15) is 4.79 Å². The van der Waals surface area contributed by atoms with Crippen molar-refractivity contribution >= 4 is 28.8 Å². The first-order valence-electron chi connectivity index (χ1n) is 11.0. The molecule has 0 spiro atoms. The van der Waals surface area contributed by atoms with Crippen molar-refractivity contribution in [2.75, 3.05) is 36.9 Å². The van der Waals surface area contributed by atoms with Gasteiger partial charge in [-0.05, 0) is 64.5 Å². The fraction of sp³-hybridized carbons (Fsp3) is 0.609. The molecule has 4 rings (SSSR count). The number of para-hydroxylation sites is 2. The Morgan fingerprint density at radius 1 is 1.20 bits per heavy atom. The van der Waals surface area contributed by atoms with Crippen LogP contribution in [0.15, 0.2) is 24.3 Å². The van der Waals surface area contributed by atoms with Gasteiger partial charge in [0.2, 0.25) is 0 Å². The van der Waals surface area contributed by atoms with Crippen LogP contribution in [-0.2, 0) is 4.74 Å². The Morgan fingerprint density at radius 3 is 2.57 bits per heavy atom. The molecule has 162 valence electrons. The van der Waals surface area contributed by atoms with Gasteiger partial charge < -0.3 is 19.9 Å². The van der Waals surface area contributed by atoms with Crippen molar-refractivity contribution in [2.45, 2.75) is 58.1 Å². The van der Waals surface area contributed by atoms with Crippen LogP contribution in [0, 0.1) is 5.92 Å². The maximum atomic E-state index is 12.5. The lowest BCUT2D eigenvalue weighted by atomic mass is 9.98. The molecule has 2 heterocycles. The third kappa shape index (κ3) is 5.12. The Morgan fingerprint density at radius 2 is 1.90 bits per heavy atom. The molecule has 2 aliphatic rings. The summed E-state index contributed by atoms with van der Waals surface area (Å²) in [5, 5.41) is 3.55. The molecule has 0 unspecified atom stereocenters. The number of fused-ring (bicyclic) bond motifs is 1.